The van der Waals surface area contributed by atoms with Gasteiger partial charge in [-0.2, -0.15) is 5.26 Å². The van der Waals surface area contributed by atoms with Gasteiger partial charge in [0.15, 0.2) is 0 Å². The molecular formula is C14H15ClN2O. The molecule has 18 heavy (non-hydrogen) atoms. The van der Waals surface area contributed by atoms with Crippen molar-refractivity contribution in [2.45, 2.75) is 19.8 Å². The van der Waals surface area contributed by atoms with Crippen LogP contribution in [0.25, 0.3) is 0 Å². The first-order valence-electron chi connectivity index (χ1n) is 6.07. The number of nitriles is 1. The molecule has 0 N–H and O–H groups in total. The Morgan fingerprint density at radius 2 is 2.11 bits per heavy atom. The third-order valence-electron chi connectivity index (χ3n) is 3.37. The lowest BCUT2D eigenvalue weighted by atomic mass is 9.98. The molecule has 0 saturated carbocycles. The van der Waals surface area contributed by atoms with E-state index in [9.17, 15) is 4.79 Å². The number of nitrogens with zero attached hydrogens (tertiary/aromatic N) is 2. The average Bonchev–Trinajstić information content (AvgIpc) is 2.41. The first-order chi connectivity index (χ1) is 8.61. The Bertz CT molecular complexity index is 499. The minimum Gasteiger partial charge on any atom is -0.339 e. The lowest BCUT2D eigenvalue weighted by molar-refractivity contribution is 0.0707. The van der Waals surface area contributed by atoms with E-state index in [1.54, 1.807) is 12.1 Å². The number of halogens is 1. The third kappa shape index (κ3) is 2.65. The second-order valence-corrected chi connectivity index (χ2v) is 5.07. The minimum atomic E-state index is 0.0335. The molecule has 4 heteroatoms. The fourth-order valence-electron chi connectivity index (χ4n) is 2.17. The molecule has 3 nitrogen and oxygen atoms in total. The molecule has 1 heterocycles. The summed E-state index contributed by atoms with van der Waals surface area (Å²) in [5.74, 6) is 0.132. The van der Waals surface area contributed by atoms with Crippen LogP contribution in [0.1, 0.15) is 28.8 Å². The largest absolute Gasteiger partial charge is 0.339 e. The molecule has 0 bridgehead atoms. The second kappa shape index (κ2) is 5.41. The predicted octanol–water partition coefficient (Wildman–Crippen LogP) is 3.02. The van der Waals surface area contributed by atoms with Crippen LogP contribution in [0, 0.1) is 24.2 Å². The Morgan fingerprint density at radius 3 is 2.67 bits per heavy atom. The van der Waals surface area contributed by atoms with Gasteiger partial charge in [-0.15, -0.1) is 0 Å². The number of rotatable bonds is 1. The molecule has 0 atom stereocenters. The summed E-state index contributed by atoms with van der Waals surface area (Å²) in [6.45, 7) is 3.22. The number of hydrogen-bond donors (Lipinski definition) is 0. The summed E-state index contributed by atoms with van der Waals surface area (Å²) in [7, 11) is 0. The molecule has 1 fully saturated rings. The maximum absolute atomic E-state index is 12.3. The summed E-state index contributed by atoms with van der Waals surface area (Å²) in [5.41, 5.74) is 1.58. The molecule has 0 aliphatic carbocycles. The Hall–Kier alpha value is -1.53. The highest BCUT2D eigenvalue weighted by Gasteiger charge is 2.23. The number of carbonyl (C=O) groups excluding carboxylic acids is 1. The Balaban J connectivity index is 2.08. The first kappa shape index (κ1) is 12.9. The zero-order valence-electron chi connectivity index (χ0n) is 10.3. The van der Waals surface area contributed by atoms with Gasteiger partial charge in [0.2, 0.25) is 0 Å². The van der Waals surface area contributed by atoms with Gasteiger partial charge in [0.05, 0.1) is 6.07 Å². The zero-order chi connectivity index (χ0) is 13.1. The lowest BCUT2D eigenvalue weighted by Crippen LogP contribution is -2.38. The molecule has 0 radical (unpaired) electrons. The van der Waals surface area contributed by atoms with E-state index < -0.39 is 0 Å². The third-order valence-corrected chi connectivity index (χ3v) is 3.79. The molecule has 2 rings (SSSR count). The van der Waals surface area contributed by atoms with Crippen LogP contribution in [0.15, 0.2) is 18.2 Å². The average molecular weight is 263 g/mol. The van der Waals surface area contributed by atoms with Crippen LogP contribution in [-0.2, 0) is 0 Å². The van der Waals surface area contributed by atoms with E-state index in [0.29, 0.717) is 23.7 Å². The van der Waals surface area contributed by atoms with Crippen LogP contribution in [0.5, 0.6) is 0 Å². The smallest absolute Gasteiger partial charge is 0.253 e. The van der Waals surface area contributed by atoms with Gasteiger partial charge in [0.25, 0.3) is 5.91 Å². The van der Waals surface area contributed by atoms with E-state index in [1.807, 2.05) is 17.9 Å². The first-order valence-corrected chi connectivity index (χ1v) is 6.44. The number of benzene rings is 1. The molecule has 0 aromatic heterocycles. The summed E-state index contributed by atoms with van der Waals surface area (Å²) in [4.78, 5) is 14.1. The van der Waals surface area contributed by atoms with Crippen molar-refractivity contribution < 1.29 is 4.79 Å². The number of piperidine rings is 1. The van der Waals surface area contributed by atoms with Crippen LogP contribution < -0.4 is 0 Å². The van der Waals surface area contributed by atoms with Crippen molar-refractivity contribution in [2.24, 2.45) is 5.92 Å². The molecular weight excluding hydrogens is 248 g/mol. The van der Waals surface area contributed by atoms with Crippen LogP contribution in [0.3, 0.4) is 0 Å². The van der Waals surface area contributed by atoms with Crippen LogP contribution in [0.2, 0.25) is 5.02 Å². The highest BCUT2D eigenvalue weighted by Crippen LogP contribution is 2.21. The van der Waals surface area contributed by atoms with E-state index in [-0.39, 0.29) is 11.8 Å². The van der Waals surface area contributed by atoms with Gasteiger partial charge < -0.3 is 4.90 Å². The normalized spacial score (nSPS) is 16.4. The molecule has 1 aliphatic heterocycles. The van der Waals surface area contributed by atoms with Gasteiger partial charge in [-0.3, -0.25) is 4.79 Å². The number of carbonyl (C=O) groups is 1. The van der Waals surface area contributed by atoms with Crippen molar-refractivity contribution in [3.8, 4) is 6.07 Å². The van der Waals surface area contributed by atoms with Gasteiger partial charge in [0.1, 0.15) is 0 Å². The van der Waals surface area contributed by atoms with Crippen molar-refractivity contribution in [3.63, 3.8) is 0 Å². The fraction of sp³-hybridized carbons (Fsp3) is 0.429. The molecule has 1 aromatic carbocycles. The Kier molecular flexibility index (Phi) is 3.88. The van der Waals surface area contributed by atoms with Crippen molar-refractivity contribution in [2.75, 3.05) is 13.1 Å². The summed E-state index contributed by atoms with van der Waals surface area (Å²) in [6, 6.07) is 7.60. The molecule has 1 amide bonds. The summed E-state index contributed by atoms with van der Waals surface area (Å²) in [6.07, 6.45) is 1.55. The molecule has 1 aliphatic rings. The molecule has 1 saturated heterocycles. The van der Waals surface area contributed by atoms with E-state index in [4.69, 9.17) is 16.9 Å². The van der Waals surface area contributed by atoms with E-state index in [1.165, 1.54) is 0 Å². The number of amides is 1. The van der Waals surface area contributed by atoms with Crippen LogP contribution >= 0.6 is 11.6 Å². The highest BCUT2D eigenvalue weighted by atomic mass is 35.5. The molecule has 94 valence electrons. The number of likely N-dealkylation sites (tertiary alicyclic amines) is 1. The van der Waals surface area contributed by atoms with Gasteiger partial charge in [-0.25, -0.2) is 0 Å². The van der Waals surface area contributed by atoms with Crippen molar-refractivity contribution in [3.05, 3.63) is 34.3 Å². The fourth-order valence-corrected chi connectivity index (χ4v) is 2.29. The van der Waals surface area contributed by atoms with Crippen LogP contribution in [-0.4, -0.2) is 23.9 Å². The van der Waals surface area contributed by atoms with Gasteiger partial charge in [0, 0.05) is 29.6 Å². The molecule has 0 unspecified atom stereocenters. The SMILES string of the molecule is Cc1cc(C(=O)N2CCC(C#N)CC2)ccc1Cl. The quantitative estimate of drug-likeness (QED) is 0.781. The summed E-state index contributed by atoms with van der Waals surface area (Å²) in [5, 5.41) is 9.51. The number of aryl methyl sites for hydroxylation is 1. The predicted molar refractivity (Wildman–Crippen MR) is 70.4 cm³/mol. The maximum atomic E-state index is 12.3. The van der Waals surface area contributed by atoms with Crippen molar-refractivity contribution in [1.29, 1.82) is 5.26 Å². The summed E-state index contributed by atoms with van der Waals surface area (Å²) >= 11 is 5.95. The second-order valence-electron chi connectivity index (χ2n) is 4.66. The van der Waals surface area contributed by atoms with Gasteiger partial charge in [-0.1, -0.05) is 11.6 Å². The lowest BCUT2D eigenvalue weighted by Gasteiger charge is -2.29. The minimum absolute atomic E-state index is 0.0335. The van der Waals surface area contributed by atoms with Crippen molar-refractivity contribution in [1.82, 2.24) is 4.90 Å². The van der Waals surface area contributed by atoms with E-state index in [2.05, 4.69) is 6.07 Å². The summed E-state index contributed by atoms with van der Waals surface area (Å²) < 4.78 is 0. The van der Waals surface area contributed by atoms with Crippen molar-refractivity contribution >= 4 is 17.5 Å². The Morgan fingerprint density at radius 1 is 1.44 bits per heavy atom. The number of hydrogen-bond acceptors (Lipinski definition) is 2. The van der Waals surface area contributed by atoms with Gasteiger partial charge in [-0.05, 0) is 43.5 Å². The topological polar surface area (TPSA) is 44.1 Å². The zero-order valence-corrected chi connectivity index (χ0v) is 11.1. The highest BCUT2D eigenvalue weighted by molar-refractivity contribution is 6.31. The Labute approximate surface area is 112 Å². The van der Waals surface area contributed by atoms with Crippen LogP contribution in [0.4, 0.5) is 0 Å². The van der Waals surface area contributed by atoms with Gasteiger partial charge >= 0.3 is 0 Å². The molecule has 0 spiro atoms. The van der Waals surface area contributed by atoms with E-state index >= 15 is 0 Å². The maximum Gasteiger partial charge on any atom is 0.253 e. The van der Waals surface area contributed by atoms with E-state index in [0.717, 1.165) is 18.4 Å². The standard InChI is InChI=1S/C14H15ClN2O/c1-10-8-12(2-3-13(10)15)14(18)17-6-4-11(9-16)5-7-17/h2-3,8,11H,4-7H2,1H3. The molecule has 1 aromatic rings. The monoisotopic (exact) mass is 262 g/mol.